The van der Waals surface area contributed by atoms with Gasteiger partial charge in [0.15, 0.2) is 0 Å². The lowest BCUT2D eigenvalue weighted by Crippen LogP contribution is -2.42. The van der Waals surface area contributed by atoms with Crippen LogP contribution < -0.4 is 5.73 Å². The number of carboxylic acid groups (broad SMARTS) is 1. The molecular weight excluding hydrogens is 168 g/mol. The zero-order chi connectivity index (χ0) is 9.84. The molecule has 1 aliphatic rings. The maximum Gasteiger partial charge on any atom is 0.407 e. The standard InChI is InChI=1S/C9H18N2O2/c1-2-8(10)7-3-5-11(6-4-7)9(12)13/h7-8H,2-6,10H2,1H3,(H,12,13)/t8-/m0/s1. The highest BCUT2D eigenvalue weighted by atomic mass is 16.4. The first-order chi connectivity index (χ1) is 6.15. The van der Waals surface area contributed by atoms with Crippen LogP contribution in [0.15, 0.2) is 0 Å². The van der Waals surface area contributed by atoms with E-state index < -0.39 is 6.09 Å². The molecule has 4 nitrogen and oxygen atoms in total. The van der Waals surface area contributed by atoms with Crippen molar-refractivity contribution in [1.29, 1.82) is 0 Å². The van der Waals surface area contributed by atoms with Crippen molar-refractivity contribution in [2.24, 2.45) is 11.7 Å². The Morgan fingerprint density at radius 2 is 2.15 bits per heavy atom. The fourth-order valence-electron chi connectivity index (χ4n) is 1.85. The van der Waals surface area contributed by atoms with Gasteiger partial charge in [-0.2, -0.15) is 0 Å². The third-order valence-corrected chi connectivity index (χ3v) is 2.89. The molecule has 1 heterocycles. The monoisotopic (exact) mass is 186 g/mol. The smallest absolute Gasteiger partial charge is 0.407 e. The van der Waals surface area contributed by atoms with Gasteiger partial charge in [-0.1, -0.05) is 6.92 Å². The van der Waals surface area contributed by atoms with E-state index in [1.165, 1.54) is 4.90 Å². The van der Waals surface area contributed by atoms with Crippen molar-refractivity contribution in [3.05, 3.63) is 0 Å². The SMILES string of the molecule is CC[C@H](N)C1CCN(C(=O)O)CC1. The number of likely N-dealkylation sites (tertiary alicyclic amines) is 1. The quantitative estimate of drug-likeness (QED) is 0.679. The zero-order valence-electron chi connectivity index (χ0n) is 8.07. The molecule has 76 valence electrons. The van der Waals surface area contributed by atoms with Gasteiger partial charge >= 0.3 is 6.09 Å². The summed E-state index contributed by atoms with van der Waals surface area (Å²) in [5.41, 5.74) is 5.90. The summed E-state index contributed by atoms with van der Waals surface area (Å²) in [4.78, 5) is 12.1. The van der Waals surface area contributed by atoms with Crippen LogP contribution in [0.1, 0.15) is 26.2 Å². The van der Waals surface area contributed by atoms with Crippen LogP contribution >= 0.6 is 0 Å². The number of carbonyl (C=O) groups is 1. The van der Waals surface area contributed by atoms with Gasteiger partial charge in [0.2, 0.25) is 0 Å². The molecule has 0 aliphatic carbocycles. The second-order valence-corrected chi connectivity index (χ2v) is 3.68. The van der Waals surface area contributed by atoms with E-state index in [9.17, 15) is 4.79 Å². The van der Waals surface area contributed by atoms with Gasteiger partial charge in [-0.05, 0) is 25.2 Å². The van der Waals surface area contributed by atoms with Crippen LogP contribution in [0.2, 0.25) is 0 Å². The first-order valence-corrected chi connectivity index (χ1v) is 4.88. The lowest BCUT2D eigenvalue weighted by Gasteiger charge is -2.32. The number of amides is 1. The molecule has 0 aromatic rings. The van der Waals surface area contributed by atoms with Crippen molar-refractivity contribution in [2.45, 2.75) is 32.2 Å². The molecule has 0 bridgehead atoms. The van der Waals surface area contributed by atoms with Crippen LogP contribution in [0.25, 0.3) is 0 Å². The van der Waals surface area contributed by atoms with Gasteiger partial charge in [-0.15, -0.1) is 0 Å². The van der Waals surface area contributed by atoms with Gasteiger partial charge in [0, 0.05) is 19.1 Å². The van der Waals surface area contributed by atoms with Gasteiger partial charge in [0.05, 0.1) is 0 Å². The minimum absolute atomic E-state index is 0.246. The lowest BCUT2D eigenvalue weighted by atomic mass is 9.89. The van der Waals surface area contributed by atoms with Crippen molar-refractivity contribution in [3.8, 4) is 0 Å². The Bertz CT molecular complexity index is 176. The summed E-state index contributed by atoms with van der Waals surface area (Å²) in [6, 6.07) is 0.246. The molecule has 0 unspecified atom stereocenters. The Labute approximate surface area is 78.7 Å². The molecule has 1 aliphatic heterocycles. The van der Waals surface area contributed by atoms with Crippen molar-refractivity contribution in [3.63, 3.8) is 0 Å². The molecular formula is C9H18N2O2. The highest BCUT2D eigenvalue weighted by Crippen LogP contribution is 2.20. The maximum absolute atomic E-state index is 10.6. The van der Waals surface area contributed by atoms with Gasteiger partial charge in [-0.3, -0.25) is 0 Å². The second-order valence-electron chi connectivity index (χ2n) is 3.68. The summed E-state index contributed by atoms with van der Waals surface area (Å²) in [5, 5.41) is 8.71. The number of rotatable bonds is 2. The largest absolute Gasteiger partial charge is 0.465 e. The fourth-order valence-corrected chi connectivity index (χ4v) is 1.85. The van der Waals surface area contributed by atoms with E-state index in [1.807, 2.05) is 0 Å². The van der Waals surface area contributed by atoms with E-state index >= 15 is 0 Å². The molecule has 0 saturated carbocycles. The Morgan fingerprint density at radius 3 is 2.54 bits per heavy atom. The average Bonchev–Trinajstić information content (AvgIpc) is 2.17. The van der Waals surface area contributed by atoms with E-state index in [-0.39, 0.29) is 6.04 Å². The van der Waals surface area contributed by atoms with Gasteiger partial charge in [0.25, 0.3) is 0 Å². The van der Waals surface area contributed by atoms with Crippen LogP contribution in [-0.4, -0.2) is 35.2 Å². The predicted molar refractivity (Wildman–Crippen MR) is 50.6 cm³/mol. The van der Waals surface area contributed by atoms with Crippen molar-refractivity contribution in [2.75, 3.05) is 13.1 Å². The zero-order valence-corrected chi connectivity index (χ0v) is 8.07. The summed E-state index contributed by atoms with van der Waals surface area (Å²) in [7, 11) is 0. The lowest BCUT2D eigenvalue weighted by molar-refractivity contribution is 0.119. The summed E-state index contributed by atoms with van der Waals surface area (Å²) in [6.07, 6.45) is 2.02. The van der Waals surface area contributed by atoms with E-state index in [1.54, 1.807) is 0 Å². The first-order valence-electron chi connectivity index (χ1n) is 4.88. The fraction of sp³-hybridized carbons (Fsp3) is 0.889. The number of hydrogen-bond donors (Lipinski definition) is 2. The molecule has 0 spiro atoms. The van der Waals surface area contributed by atoms with Crippen molar-refractivity contribution < 1.29 is 9.90 Å². The molecule has 1 fully saturated rings. The minimum Gasteiger partial charge on any atom is -0.465 e. The highest BCUT2D eigenvalue weighted by Gasteiger charge is 2.25. The number of hydrogen-bond acceptors (Lipinski definition) is 2. The van der Waals surface area contributed by atoms with Crippen LogP contribution in [0, 0.1) is 5.92 Å². The number of nitrogens with zero attached hydrogens (tertiary/aromatic N) is 1. The molecule has 1 atom stereocenters. The summed E-state index contributed by atoms with van der Waals surface area (Å²) in [6.45, 7) is 3.37. The van der Waals surface area contributed by atoms with Crippen LogP contribution in [0.4, 0.5) is 4.79 Å². The average molecular weight is 186 g/mol. The summed E-state index contributed by atoms with van der Waals surface area (Å²) >= 11 is 0. The Hall–Kier alpha value is -0.770. The van der Waals surface area contributed by atoms with Crippen LogP contribution in [-0.2, 0) is 0 Å². The predicted octanol–water partition coefficient (Wildman–Crippen LogP) is 1.11. The van der Waals surface area contributed by atoms with Gasteiger partial charge in [0.1, 0.15) is 0 Å². The molecule has 0 aromatic carbocycles. The molecule has 1 rings (SSSR count). The Kier molecular flexibility index (Phi) is 3.54. The highest BCUT2D eigenvalue weighted by molar-refractivity contribution is 5.64. The minimum atomic E-state index is -0.802. The number of nitrogens with two attached hydrogens (primary N) is 1. The van der Waals surface area contributed by atoms with Crippen LogP contribution in [0.5, 0.6) is 0 Å². The van der Waals surface area contributed by atoms with E-state index in [0.717, 1.165) is 19.3 Å². The molecule has 13 heavy (non-hydrogen) atoms. The van der Waals surface area contributed by atoms with E-state index in [0.29, 0.717) is 19.0 Å². The maximum atomic E-state index is 10.6. The van der Waals surface area contributed by atoms with Crippen molar-refractivity contribution in [1.82, 2.24) is 4.90 Å². The molecule has 1 amide bonds. The molecule has 0 aromatic heterocycles. The number of piperidine rings is 1. The second kappa shape index (κ2) is 4.46. The summed E-state index contributed by atoms with van der Waals surface area (Å²) < 4.78 is 0. The van der Waals surface area contributed by atoms with E-state index in [2.05, 4.69) is 6.92 Å². The molecule has 0 radical (unpaired) electrons. The Morgan fingerprint density at radius 1 is 1.62 bits per heavy atom. The topological polar surface area (TPSA) is 66.6 Å². The summed E-state index contributed by atoms with van der Waals surface area (Å²) in [5.74, 6) is 0.514. The van der Waals surface area contributed by atoms with Crippen molar-refractivity contribution >= 4 is 6.09 Å². The molecule has 4 heteroatoms. The first kappa shape index (κ1) is 10.3. The normalized spacial score (nSPS) is 21.5. The Balaban J connectivity index is 2.34. The third-order valence-electron chi connectivity index (χ3n) is 2.89. The van der Waals surface area contributed by atoms with Crippen LogP contribution in [0.3, 0.4) is 0 Å². The molecule has 3 N–H and O–H groups in total. The third kappa shape index (κ3) is 2.59. The molecule has 1 saturated heterocycles. The van der Waals surface area contributed by atoms with E-state index in [4.69, 9.17) is 10.8 Å². The van der Waals surface area contributed by atoms with Gasteiger partial charge in [-0.25, -0.2) is 4.79 Å². The van der Waals surface area contributed by atoms with Gasteiger partial charge < -0.3 is 15.7 Å².